The first kappa shape index (κ1) is 15.0. The van der Waals surface area contributed by atoms with Gasteiger partial charge in [0.1, 0.15) is 5.82 Å². The van der Waals surface area contributed by atoms with Crippen LogP contribution in [0.5, 0.6) is 0 Å². The van der Waals surface area contributed by atoms with Gasteiger partial charge in [0, 0.05) is 24.6 Å². The van der Waals surface area contributed by atoms with E-state index in [-0.39, 0.29) is 5.82 Å². The summed E-state index contributed by atoms with van der Waals surface area (Å²) in [7, 11) is 1.72. The maximum atomic E-state index is 13.2. The summed E-state index contributed by atoms with van der Waals surface area (Å²) in [6, 6.07) is 4.84. The summed E-state index contributed by atoms with van der Waals surface area (Å²) in [5.74, 6) is 0.499. The van der Waals surface area contributed by atoms with Gasteiger partial charge in [0.15, 0.2) is 5.96 Å². The monoisotopic (exact) mass is 315 g/mol. The topological polar surface area (TPSA) is 36.4 Å². The maximum Gasteiger partial charge on any atom is 0.191 e. The molecule has 0 aliphatic heterocycles. The first-order valence-corrected chi connectivity index (χ1v) is 6.84. The number of hydrogen-bond donors (Lipinski definition) is 2. The molecule has 0 aliphatic rings. The van der Waals surface area contributed by atoms with Crippen LogP contribution < -0.4 is 10.6 Å². The minimum Gasteiger partial charge on any atom is -0.356 e. The lowest BCUT2D eigenvalue weighted by molar-refractivity contribution is 0.623. The number of unbranched alkanes of at least 4 members (excludes halogenated alkanes) is 1. The Morgan fingerprint density at radius 2 is 2.11 bits per heavy atom. The van der Waals surface area contributed by atoms with Crippen molar-refractivity contribution in [2.45, 2.75) is 26.3 Å². The average Bonchev–Trinajstić information content (AvgIpc) is 2.32. The predicted octanol–water partition coefficient (Wildman–Crippen LogP) is 3.05. The smallest absolute Gasteiger partial charge is 0.191 e. The van der Waals surface area contributed by atoms with E-state index in [1.165, 1.54) is 12.1 Å². The Labute approximate surface area is 116 Å². The van der Waals surface area contributed by atoms with Gasteiger partial charge in [0.2, 0.25) is 0 Å². The van der Waals surface area contributed by atoms with E-state index in [4.69, 9.17) is 0 Å². The lowest BCUT2D eigenvalue weighted by Gasteiger charge is -2.11. The lowest BCUT2D eigenvalue weighted by atomic mass is 10.2. The molecule has 0 unspecified atom stereocenters. The molecular formula is C13H19BrFN3. The van der Waals surface area contributed by atoms with Crippen LogP contribution in [0.4, 0.5) is 4.39 Å². The largest absolute Gasteiger partial charge is 0.356 e. The molecule has 0 bridgehead atoms. The highest BCUT2D eigenvalue weighted by Gasteiger charge is 2.01. The van der Waals surface area contributed by atoms with Crippen LogP contribution in [-0.4, -0.2) is 19.6 Å². The second-order valence-electron chi connectivity index (χ2n) is 3.98. The summed E-state index contributed by atoms with van der Waals surface area (Å²) in [6.07, 6.45) is 2.24. The molecule has 0 heterocycles. The van der Waals surface area contributed by atoms with Gasteiger partial charge >= 0.3 is 0 Å². The van der Waals surface area contributed by atoms with Gasteiger partial charge in [-0.1, -0.05) is 29.3 Å². The van der Waals surface area contributed by atoms with Crippen molar-refractivity contribution in [1.82, 2.24) is 10.6 Å². The van der Waals surface area contributed by atoms with E-state index in [0.717, 1.165) is 35.4 Å². The highest BCUT2D eigenvalue weighted by molar-refractivity contribution is 9.10. The summed E-state index contributed by atoms with van der Waals surface area (Å²) in [5.41, 5.74) is 0.875. The summed E-state index contributed by atoms with van der Waals surface area (Å²) >= 11 is 3.27. The van der Waals surface area contributed by atoms with E-state index in [9.17, 15) is 4.39 Å². The van der Waals surface area contributed by atoms with E-state index >= 15 is 0 Å². The minimum atomic E-state index is -0.241. The Morgan fingerprint density at radius 3 is 2.72 bits per heavy atom. The molecular weight excluding hydrogens is 297 g/mol. The van der Waals surface area contributed by atoms with Crippen LogP contribution in [0.15, 0.2) is 27.7 Å². The van der Waals surface area contributed by atoms with Crippen molar-refractivity contribution in [1.29, 1.82) is 0 Å². The molecule has 0 amide bonds. The molecule has 0 fully saturated rings. The van der Waals surface area contributed by atoms with E-state index in [1.807, 2.05) is 6.07 Å². The number of guanidine groups is 1. The Balaban J connectivity index is 2.47. The van der Waals surface area contributed by atoms with Gasteiger partial charge in [0.05, 0.1) is 0 Å². The number of nitrogens with one attached hydrogen (secondary N) is 2. The average molecular weight is 316 g/mol. The molecule has 1 aromatic carbocycles. The number of hydrogen-bond acceptors (Lipinski definition) is 1. The van der Waals surface area contributed by atoms with E-state index in [2.05, 4.69) is 38.5 Å². The Morgan fingerprint density at radius 1 is 1.33 bits per heavy atom. The first-order chi connectivity index (χ1) is 8.65. The molecule has 0 spiro atoms. The maximum absolute atomic E-state index is 13.2. The molecule has 0 aromatic heterocycles. The molecule has 0 saturated heterocycles. The number of aliphatic imine (C=N–C) groups is 1. The Bertz CT molecular complexity index is 387. The standard InChI is InChI=1S/C13H19BrFN3/c1-3-4-5-17-13(16-2)18-9-10-6-11(14)8-12(15)7-10/h6-8H,3-5,9H2,1-2H3,(H2,16,17,18). The van der Waals surface area contributed by atoms with Crippen molar-refractivity contribution >= 4 is 21.9 Å². The van der Waals surface area contributed by atoms with Crippen molar-refractivity contribution in [3.63, 3.8) is 0 Å². The third-order valence-electron chi connectivity index (χ3n) is 2.43. The molecule has 100 valence electrons. The zero-order chi connectivity index (χ0) is 13.4. The molecule has 0 radical (unpaired) electrons. The quantitative estimate of drug-likeness (QED) is 0.498. The lowest BCUT2D eigenvalue weighted by Crippen LogP contribution is -2.37. The summed E-state index contributed by atoms with van der Waals surface area (Å²) < 4.78 is 13.9. The van der Waals surface area contributed by atoms with Crippen molar-refractivity contribution in [3.05, 3.63) is 34.1 Å². The zero-order valence-corrected chi connectivity index (χ0v) is 12.3. The van der Waals surface area contributed by atoms with Gasteiger partial charge in [-0.25, -0.2) is 4.39 Å². The molecule has 3 nitrogen and oxygen atoms in total. The fraction of sp³-hybridized carbons (Fsp3) is 0.462. The van der Waals surface area contributed by atoms with Crippen LogP contribution in [0, 0.1) is 5.82 Å². The molecule has 18 heavy (non-hydrogen) atoms. The molecule has 1 rings (SSSR count). The summed E-state index contributed by atoms with van der Waals surface area (Å²) in [5, 5.41) is 6.35. The van der Waals surface area contributed by atoms with E-state index in [0.29, 0.717) is 6.54 Å². The normalized spacial score (nSPS) is 11.4. The highest BCUT2D eigenvalue weighted by Crippen LogP contribution is 2.14. The highest BCUT2D eigenvalue weighted by atomic mass is 79.9. The first-order valence-electron chi connectivity index (χ1n) is 6.05. The van der Waals surface area contributed by atoms with Crippen molar-refractivity contribution in [2.24, 2.45) is 4.99 Å². The molecule has 1 aromatic rings. The predicted molar refractivity (Wildman–Crippen MR) is 77.2 cm³/mol. The van der Waals surface area contributed by atoms with Gasteiger partial charge in [0.25, 0.3) is 0 Å². The van der Waals surface area contributed by atoms with Crippen molar-refractivity contribution < 1.29 is 4.39 Å². The number of rotatable bonds is 5. The molecule has 2 N–H and O–H groups in total. The second-order valence-corrected chi connectivity index (χ2v) is 4.90. The number of benzene rings is 1. The van der Waals surface area contributed by atoms with Crippen LogP contribution in [0.1, 0.15) is 25.3 Å². The third kappa shape index (κ3) is 5.49. The van der Waals surface area contributed by atoms with Crippen molar-refractivity contribution in [3.8, 4) is 0 Å². The minimum absolute atomic E-state index is 0.241. The van der Waals surface area contributed by atoms with Gasteiger partial charge in [-0.3, -0.25) is 4.99 Å². The summed E-state index contributed by atoms with van der Waals surface area (Å²) in [6.45, 7) is 3.58. The number of nitrogens with zero attached hydrogens (tertiary/aromatic N) is 1. The van der Waals surface area contributed by atoms with Crippen LogP contribution in [0.2, 0.25) is 0 Å². The molecule has 0 saturated carbocycles. The van der Waals surface area contributed by atoms with Crippen LogP contribution in [0.3, 0.4) is 0 Å². The second kappa shape index (κ2) is 8.08. The van der Waals surface area contributed by atoms with Gasteiger partial charge < -0.3 is 10.6 Å². The van der Waals surface area contributed by atoms with Crippen LogP contribution in [0.25, 0.3) is 0 Å². The Hall–Kier alpha value is -1.10. The molecule has 5 heteroatoms. The molecule has 0 atom stereocenters. The van der Waals surface area contributed by atoms with E-state index in [1.54, 1.807) is 7.05 Å². The van der Waals surface area contributed by atoms with E-state index < -0.39 is 0 Å². The van der Waals surface area contributed by atoms with Crippen LogP contribution in [-0.2, 0) is 6.54 Å². The van der Waals surface area contributed by atoms with Crippen molar-refractivity contribution in [2.75, 3.05) is 13.6 Å². The zero-order valence-electron chi connectivity index (χ0n) is 10.8. The van der Waals surface area contributed by atoms with Gasteiger partial charge in [-0.05, 0) is 30.2 Å². The Kier molecular flexibility index (Phi) is 6.72. The van der Waals surface area contributed by atoms with Crippen LogP contribution >= 0.6 is 15.9 Å². The third-order valence-corrected chi connectivity index (χ3v) is 2.89. The van der Waals surface area contributed by atoms with Gasteiger partial charge in [-0.2, -0.15) is 0 Å². The molecule has 0 aliphatic carbocycles. The summed E-state index contributed by atoms with van der Waals surface area (Å²) in [4.78, 5) is 4.11. The SMILES string of the molecule is CCCCNC(=NC)NCc1cc(F)cc(Br)c1. The number of halogens is 2. The fourth-order valence-electron chi connectivity index (χ4n) is 1.50. The fourth-order valence-corrected chi connectivity index (χ4v) is 2.02. The van der Waals surface area contributed by atoms with Gasteiger partial charge in [-0.15, -0.1) is 0 Å².